The largest absolute Gasteiger partial charge is 0.407 e. The Morgan fingerprint density at radius 2 is 1.27 bits per heavy atom. The topological polar surface area (TPSA) is 77.5 Å². The third kappa shape index (κ3) is 8.14. The summed E-state index contributed by atoms with van der Waals surface area (Å²) in [7, 11) is -9.00. The van der Waals surface area contributed by atoms with Crippen LogP contribution in [0.4, 0.5) is 0 Å². The highest BCUT2D eigenvalue weighted by atomic mass is 35.5. The van der Waals surface area contributed by atoms with E-state index in [2.05, 4.69) is 24.3 Å². The van der Waals surface area contributed by atoms with Gasteiger partial charge in [0.2, 0.25) is 9.04 Å². The predicted molar refractivity (Wildman–Crippen MR) is 165 cm³/mol. The molecule has 0 radical (unpaired) electrons. The lowest BCUT2D eigenvalue weighted by Gasteiger charge is -2.23. The first-order valence-corrected chi connectivity index (χ1v) is 18.7. The summed E-state index contributed by atoms with van der Waals surface area (Å²) in [5.41, 5.74) is 1.48. The van der Waals surface area contributed by atoms with Gasteiger partial charge in [0, 0.05) is 17.0 Å². The molecule has 0 spiro atoms. The summed E-state index contributed by atoms with van der Waals surface area (Å²) in [6.07, 6.45) is 2.32. The lowest BCUT2D eigenvalue weighted by atomic mass is 10.0. The van der Waals surface area contributed by atoms with Gasteiger partial charge in [0.1, 0.15) is 9.84 Å². The maximum Gasteiger partial charge on any atom is 0.240 e. The molecule has 40 heavy (non-hydrogen) atoms. The Labute approximate surface area is 244 Å². The van der Waals surface area contributed by atoms with Crippen LogP contribution in [0.15, 0.2) is 114 Å². The molecule has 0 saturated carbocycles. The highest BCUT2D eigenvalue weighted by molar-refractivity contribution is 7.91. The molecule has 0 fully saturated rings. The summed E-state index contributed by atoms with van der Waals surface area (Å²) in [4.78, 5) is 0.182. The second-order valence-corrected chi connectivity index (χ2v) is 17.1. The zero-order valence-electron chi connectivity index (χ0n) is 22.3. The molecule has 4 aromatic carbocycles. The van der Waals surface area contributed by atoms with Crippen LogP contribution >= 0.6 is 11.6 Å². The zero-order chi connectivity index (χ0) is 28.6. The Hall–Kier alpha value is -2.75. The zero-order valence-corrected chi connectivity index (χ0v) is 25.9. The van der Waals surface area contributed by atoms with Gasteiger partial charge in [-0.25, -0.2) is 16.8 Å². The molecular formula is C31H33ClO5S2Si. The molecular weight excluding hydrogens is 580 g/mol. The summed E-state index contributed by atoms with van der Waals surface area (Å²) < 4.78 is 58.0. The van der Waals surface area contributed by atoms with E-state index in [0.29, 0.717) is 23.4 Å². The van der Waals surface area contributed by atoms with Crippen LogP contribution < -0.4 is 10.4 Å². The van der Waals surface area contributed by atoms with Crippen LogP contribution in [0.2, 0.25) is 5.02 Å². The molecule has 210 valence electrons. The lowest BCUT2D eigenvalue weighted by molar-refractivity contribution is 0.320. The van der Waals surface area contributed by atoms with E-state index in [1.165, 1.54) is 18.4 Å². The van der Waals surface area contributed by atoms with Gasteiger partial charge >= 0.3 is 0 Å². The van der Waals surface area contributed by atoms with E-state index in [1.54, 1.807) is 12.1 Å². The first-order valence-electron chi connectivity index (χ1n) is 13.1. The fourth-order valence-electron chi connectivity index (χ4n) is 4.75. The standard InChI is InChI=1S/C31H33ClO5S2Si/c1-38(33,34)23-11-10-18-31(39(35,36)27-21-19-26(32)20-22-27)30-17-9-8-12-25(30)24-37-40(28-13-4-2-5-14-28)29-15-6-3-7-16-29/h2-9,12-17,19-22,31,40H,10-11,18,23-24H2,1H3. The summed E-state index contributed by atoms with van der Waals surface area (Å²) in [6, 6.07) is 33.9. The van der Waals surface area contributed by atoms with Gasteiger partial charge in [0.15, 0.2) is 9.84 Å². The summed E-state index contributed by atoms with van der Waals surface area (Å²) in [5.74, 6) is 0.0207. The smallest absolute Gasteiger partial charge is 0.240 e. The summed E-state index contributed by atoms with van der Waals surface area (Å²) in [5, 5.41) is 1.87. The highest BCUT2D eigenvalue weighted by Crippen LogP contribution is 2.36. The lowest BCUT2D eigenvalue weighted by Crippen LogP contribution is -2.44. The molecule has 0 aliphatic rings. The number of hydrogen-bond acceptors (Lipinski definition) is 5. The minimum atomic E-state index is -3.80. The summed E-state index contributed by atoms with van der Waals surface area (Å²) >= 11 is 6.04. The molecule has 0 aliphatic carbocycles. The Kier molecular flexibility index (Phi) is 10.4. The summed E-state index contributed by atoms with van der Waals surface area (Å²) in [6.45, 7) is 0.257. The molecule has 1 atom stereocenters. The van der Waals surface area contributed by atoms with E-state index in [1.807, 2.05) is 60.7 Å². The van der Waals surface area contributed by atoms with Crippen molar-refractivity contribution in [3.05, 3.63) is 125 Å². The third-order valence-corrected chi connectivity index (χ3v) is 12.7. The van der Waals surface area contributed by atoms with Crippen LogP contribution in [0.25, 0.3) is 0 Å². The van der Waals surface area contributed by atoms with E-state index in [-0.39, 0.29) is 23.7 Å². The van der Waals surface area contributed by atoms with Crippen LogP contribution in [-0.4, -0.2) is 37.9 Å². The van der Waals surface area contributed by atoms with Gasteiger partial charge in [-0.15, -0.1) is 0 Å². The molecule has 0 bridgehead atoms. The molecule has 0 aromatic heterocycles. The molecule has 4 aromatic rings. The molecule has 0 N–H and O–H groups in total. The minimum absolute atomic E-state index is 0.0207. The van der Waals surface area contributed by atoms with E-state index in [0.717, 1.165) is 15.9 Å². The van der Waals surface area contributed by atoms with E-state index < -0.39 is 34.0 Å². The fourth-order valence-corrected chi connectivity index (χ4v) is 9.75. The first kappa shape index (κ1) is 30.2. The van der Waals surface area contributed by atoms with Crippen LogP contribution in [0, 0.1) is 0 Å². The molecule has 4 rings (SSSR count). The van der Waals surface area contributed by atoms with E-state index in [9.17, 15) is 16.8 Å². The van der Waals surface area contributed by atoms with Crippen LogP contribution in [0.1, 0.15) is 35.6 Å². The molecule has 1 unspecified atom stereocenters. The maximum atomic E-state index is 14.0. The van der Waals surface area contributed by atoms with Crippen molar-refractivity contribution < 1.29 is 21.3 Å². The number of benzene rings is 4. The molecule has 0 heterocycles. The van der Waals surface area contributed by atoms with Crippen LogP contribution in [0.3, 0.4) is 0 Å². The van der Waals surface area contributed by atoms with Crippen molar-refractivity contribution in [2.75, 3.05) is 12.0 Å². The van der Waals surface area contributed by atoms with Gasteiger partial charge in [0.05, 0.1) is 16.8 Å². The van der Waals surface area contributed by atoms with Gasteiger partial charge in [-0.2, -0.15) is 0 Å². The molecule has 0 saturated heterocycles. The highest BCUT2D eigenvalue weighted by Gasteiger charge is 2.31. The average molecular weight is 613 g/mol. The van der Waals surface area contributed by atoms with Crippen LogP contribution in [-0.2, 0) is 30.7 Å². The van der Waals surface area contributed by atoms with Gasteiger partial charge in [-0.1, -0.05) is 103 Å². The van der Waals surface area contributed by atoms with E-state index >= 15 is 0 Å². The van der Waals surface area contributed by atoms with Gasteiger partial charge in [-0.3, -0.25) is 0 Å². The van der Waals surface area contributed by atoms with Crippen molar-refractivity contribution in [3.8, 4) is 0 Å². The minimum Gasteiger partial charge on any atom is -0.407 e. The third-order valence-electron chi connectivity index (χ3n) is 6.76. The van der Waals surface area contributed by atoms with Gasteiger partial charge < -0.3 is 4.43 Å². The van der Waals surface area contributed by atoms with Crippen molar-refractivity contribution in [1.82, 2.24) is 0 Å². The Balaban J connectivity index is 1.67. The van der Waals surface area contributed by atoms with Gasteiger partial charge in [-0.05, 0) is 58.6 Å². The van der Waals surface area contributed by atoms with Crippen molar-refractivity contribution in [2.45, 2.75) is 36.0 Å². The normalized spacial score (nSPS) is 12.9. The molecule has 0 amide bonds. The van der Waals surface area contributed by atoms with Crippen molar-refractivity contribution >= 4 is 50.7 Å². The molecule has 0 aliphatic heterocycles. The monoisotopic (exact) mass is 612 g/mol. The Bertz CT molecular complexity index is 1560. The number of halogens is 1. The van der Waals surface area contributed by atoms with Crippen molar-refractivity contribution in [3.63, 3.8) is 0 Å². The number of unbranched alkanes of at least 4 members (excludes halogenated alkanes) is 1. The van der Waals surface area contributed by atoms with Gasteiger partial charge in [0.25, 0.3) is 0 Å². The molecule has 5 nitrogen and oxygen atoms in total. The van der Waals surface area contributed by atoms with Crippen molar-refractivity contribution in [1.29, 1.82) is 0 Å². The van der Waals surface area contributed by atoms with Crippen LogP contribution in [0.5, 0.6) is 0 Å². The Morgan fingerprint density at radius 1 is 0.725 bits per heavy atom. The second-order valence-electron chi connectivity index (χ2n) is 9.82. The number of sulfone groups is 2. The Morgan fingerprint density at radius 3 is 1.85 bits per heavy atom. The maximum absolute atomic E-state index is 14.0. The quantitative estimate of drug-likeness (QED) is 0.155. The number of hydrogen-bond donors (Lipinski definition) is 0. The number of rotatable bonds is 13. The predicted octanol–water partition coefficient (Wildman–Crippen LogP) is 5.12. The fraction of sp³-hybridized carbons (Fsp3) is 0.226. The van der Waals surface area contributed by atoms with Crippen molar-refractivity contribution in [2.24, 2.45) is 0 Å². The SMILES string of the molecule is CS(=O)(=O)CCCCC(c1ccccc1CO[SiH](c1ccccc1)c1ccccc1)S(=O)(=O)c1ccc(Cl)cc1. The molecule has 9 heteroatoms. The first-order chi connectivity index (χ1) is 19.1. The second kappa shape index (κ2) is 13.7. The van der Waals surface area contributed by atoms with E-state index in [4.69, 9.17) is 16.0 Å². The average Bonchev–Trinajstić information content (AvgIpc) is 2.94.